The van der Waals surface area contributed by atoms with E-state index in [-0.39, 0.29) is 22.9 Å². The molecule has 2 aliphatic heterocycles. The van der Waals surface area contributed by atoms with Crippen LogP contribution in [-0.2, 0) is 4.84 Å². The number of hydrogen-bond donors (Lipinski definition) is 1. The third kappa shape index (κ3) is 6.82. The Morgan fingerprint density at radius 1 is 1.09 bits per heavy atom. The van der Waals surface area contributed by atoms with E-state index in [9.17, 15) is 13.2 Å². The molecule has 2 unspecified atom stereocenters. The second-order valence-corrected chi connectivity index (χ2v) is 11.6. The Morgan fingerprint density at radius 2 is 1.82 bits per heavy atom. The fraction of sp³-hybridized carbons (Fsp3) is 0.226. The second kappa shape index (κ2) is 12.5. The summed E-state index contributed by atoms with van der Waals surface area (Å²) in [7, 11) is 1.65. The minimum Gasteiger partial charge on any atom is -0.497 e. The molecule has 1 aromatic heterocycles. The molecule has 1 N–H and O–H groups in total. The van der Waals surface area contributed by atoms with Gasteiger partial charge < -0.3 is 9.47 Å². The maximum Gasteiger partial charge on any atom is 0.573 e. The van der Waals surface area contributed by atoms with Crippen molar-refractivity contribution in [3.05, 3.63) is 96.0 Å². The third-order valence-corrected chi connectivity index (χ3v) is 8.37. The number of nitrogens with one attached hydrogen (secondary N) is 1. The Hall–Kier alpha value is -4.40. The van der Waals surface area contributed by atoms with E-state index in [2.05, 4.69) is 49.3 Å². The lowest BCUT2D eigenvalue weighted by atomic mass is 9.94. The number of amidine groups is 1. The quantitative estimate of drug-likeness (QED) is 0.163. The smallest absolute Gasteiger partial charge is 0.497 e. The highest BCUT2D eigenvalue weighted by atomic mass is 32.2. The summed E-state index contributed by atoms with van der Waals surface area (Å²) in [5, 5.41) is 5.41. The van der Waals surface area contributed by atoms with Gasteiger partial charge in [-0.1, -0.05) is 55.1 Å². The average molecular weight is 653 g/mol. The van der Waals surface area contributed by atoms with Crippen LogP contribution < -0.4 is 19.9 Å². The SMILES string of the molecule is COc1ccc2c(c1)N1C(=CC2C)CSC1=NC(=S)NOC(C)c1ccc(-c2ncn(-c3ccc(OC(F)(F)F)cc3)n2)cc1. The van der Waals surface area contributed by atoms with Crippen molar-refractivity contribution in [3.63, 3.8) is 0 Å². The van der Waals surface area contributed by atoms with Crippen LogP contribution >= 0.6 is 24.0 Å². The van der Waals surface area contributed by atoms with Crippen LogP contribution in [0.4, 0.5) is 18.9 Å². The number of halogens is 3. The third-order valence-electron chi connectivity index (χ3n) is 7.22. The Bertz CT molecular complexity index is 1770. The van der Waals surface area contributed by atoms with Crippen molar-refractivity contribution in [2.45, 2.75) is 32.2 Å². The van der Waals surface area contributed by atoms with Crippen molar-refractivity contribution in [3.8, 4) is 28.6 Å². The highest BCUT2D eigenvalue weighted by Crippen LogP contribution is 2.44. The van der Waals surface area contributed by atoms with Crippen LogP contribution in [-0.4, -0.2) is 44.3 Å². The number of rotatable bonds is 7. The van der Waals surface area contributed by atoms with Crippen molar-refractivity contribution in [2.24, 2.45) is 4.99 Å². The van der Waals surface area contributed by atoms with Crippen molar-refractivity contribution < 1.29 is 27.5 Å². The number of thiocarbonyl (C=S) groups is 1. The molecule has 45 heavy (non-hydrogen) atoms. The van der Waals surface area contributed by atoms with Crippen LogP contribution in [0.3, 0.4) is 0 Å². The minimum absolute atomic E-state index is 0.207. The van der Waals surface area contributed by atoms with E-state index in [0.29, 0.717) is 11.5 Å². The fourth-order valence-corrected chi connectivity index (χ4v) is 6.20. The van der Waals surface area contributed by atoms with E-state index in [1.54, 1.807) is 18.9 Å². The Balaban J connectivity index is 1.07. The summed E-state index contributed by atoms with van der Waals surface area (Å²) in [5.74, 6) is 2.00. The number of thioether (sulfide) groups is 1. The summed E-state index contributed by atoms with van der Waals surface area (Å²) in [6, 6.07) is 18.9. The van der Waals surface area contributed by atoms with Gasteiger partial charge in [-0.25, -0.2) is 15.1 Å². The van der Waals surface area contributed by atoms with Gasteiger partial charge in [0.25, 0.3) is 0 Å². The number of hydrogen-bond acceptors (Lipinski definition) is 7. The van der Waals surface area contributed by atoms with E-state index in [0.717, 1.165) is 39.2 Å². The van der Waals surface area contributed by atoms with E-state index in [4.69, 9.17) is 21.8 Å². The van der Waals surface area contributed by atoms with Gasteiger partial charge in [-0.15, -0.1) is 18.3 Å². The molecule has 9 nitrogen and oxygen atoms in total. The summed E-state index contributed by atoms with van der Waals surface area (Å²) in [6.45, 7) is 4.06. The number of nitrogens with zero attached hydrogens (tertiary/aromatic N) is 5. The number of methoxy groups -OCH3 is 1. The monoisotopic (exact) mass is 652 g/mol. The van der Waals surface area contributed by atoms with Crippen molar-refractivity contribution in [1.82, 2.24) is 20.2 Å². The molecule has 4 aromatic rings. The molecule has 0 saturated carbocycles. The first-order valence-corrected chi connectivity index (χ1v) is 15.2. The average Bonchev–Trinajstić information content (AvgIpc) is 3.67. The molecule has 2 aliphatic rings. The zero-order chi connectivity index (χ0) is 31.7. The number of aromatic nitrogens is 3. The van der Waals surface area contributed by atoms with Gasteiger partial charge in [-0.3, -0.25) is 9.74 Å². The number of alkyl halides is 3. The van der Waals surface area contributed by atoms with Crippen LogP contribution in [0, 0.1) is 0 Å². The van der Waals surface area contributed by atoms with Crippen molar-refractivity contribution in [2.75, 3.05) is 17.8 Å². The molecule has 0 spiro atoms. The van der Waals surface area contributed by atoms with Gasteiger partial charge in [0.05, 0.1) is 18.5 Å². The van der Waals surface area contributed by atoms with Gasteiger partial charge >= 0.3 is 6.36 Å². The van der Waals surface area contributed by atoms with Gasteiger partial charge in [0.1, 0.15) is 23.9 Å². The highest BCUT2D eigenvalue weighted by Gasteiger charge is 2.33. The molecule has 0 radical (unpaired) electrons. The zero-order valence-corrected chi connectivity index (χ0v) is 25.9. The maximum atomic E-state index is 12.4. The molecule has 1 fully saturated rings. The van der Waals surface area contributed by atoms with Crippen LogP contribution in [0.5, 0.6) is 11.5 Å². The van der Waals surface area contributed by atoms with Gasteiger partial charge in [0.2, 0.25) is 5.11 Å². The van der Waals surface area contributed by atoms with Crippen LogP contribution in [0.1, 0.15) is 37.0 Å². The number of anilines is 1. The number of ether oxygens (including phenoxy) is 2. The predicted octanol–water partition coefficient (Wildman–Crippen LogP) is 7.32. The minimum atomic E-state index is -4.75. The van der Waals surface area contributed by atoms with Crippen molar-refractivity contribution in [1.29, 1.82) is 0 Å². The Labute approximate surface area is 266 Å². The van der Waals surface area contributed by atoms with Gasteiger partial charge in [-0.2, -0.15) is 4.99 Å². The van der Waals surface area contributed by atoms with Crippen LogP contribution in [0.15, 0.2) is 89.8 Å². The number of aliphatic imine (C=N–C) groups is 1. The molecule has 0 aliphatic carbocycles. The second-order valence-electron chi connectivity index (χ2n) is 10.2. The van der Waals surface area contributed by atoms with Crippen LogP contribution in [0.25, 0.3) is 17.1 Å². The summed E-state index contributed by atoms with van der Waals surface area (Å²) in [4.78, 5) is 16.9. The fourth-order valence-electron chi connectivity index (χ4n) is 5.00. The largest absolute Gasteiger partial charge is 0.573 e. The summed E-state index contributed by atoms with van der Waals surface area (Å²) in [6.07, 6.45) is -1.37. The first-order chi connectivity index (χ1) is 21.6. The summed E-state index contributed by atoms with van der Waals surface area (Å²) >= 11 is 7.11. The normalized spacial score (nSPS) is 17.4. The molecule has 0 bridgehead atoms. The lowest BCUT2D eigenvalue weighted by Crippen LogP contribution is -2.29. The number of allylic oxidation sites excluding steroid dienone is 1. The Morgan fingerprint density at radius 3 is 2.53 bits per heavy atom. The van der Waals surface area contributed by atoms with Crippen LogP contribution in [0.2, 0.25) is 0 Å². The van der Waals surface area contributed by atoms with E-state index < -0.39 is 6.36 Å². The molecule has 14 heteroatoms. The highest BCUT2D eigenvalue weighted by molar-refractivity contribution is 8.14. The number of fused-ring (bicyclic) bond motifs is 3. The molecular weight excluding hydrogens is 626 g/mol. The molecule has 232 valence electrons. The maximum absolute atomic E-state index is 12.4. The molecule has 3 heterocycles. The lowest BCUT2D eigenvalue weighted by molar-refractivity contribution is -0.274. The topological polar surface area (TPSA) is 86.0 Å². The van der Waals surface area contributed by atoms with E-state index in [1.807, 2.05) is 43.3 Å². The van der Waals surface area contributed by atoms with E-state index in [1.165, 1.54) is 40.8 Å². The first kappa shape index (κ1) is 30.6. The molecule has 0 amide bonds. The standard InChI is InChI=1S/C31H27F3N6O3S2/c1-18-14-23-16-45-30(40(23)27-15-25(41-3)12-13-26(18)27)36-29(44)38-43-19(2)20-4-6-21(7-5-20)28-35-17-39(37-28)22-8-10-24(11-9-22)42-31(32,33)34/h4-15,17-19H,16H2,1-3H3,(H,38,44). The first-order valence-electron chi connectivity index (χ1n) is 13.8. The Kier molecular flexibility index (Phi) is 8.53. The number of hydroxylamine groups is 1. The van der Waals surface area contributed by atoms with Crippen molar-refractivity contribution >= 4 is 39.9 Å². The van der Waals surface area contributed by atoms with Gasteiger partial charge in [0.15, 0.2) is 11.0 Å². The predicted molar refractivity (Wildman–Crippen MR) is 171 cm³/mol. The molecule has 6 rings (SSSR count). The van der Waals surface area contributed by atoms with E-state index >= 15 is 0 Å². The molecule has 1 saturated heterocycles. The van der Waals surface area contributed by atoms with Gasteiger partial charge in [-0.05, 0) is 60.6 Å². The summed E-state index contributed by atoms with van der Waals surface area (Å²) < 4.78 is 48.1. The van der Waals surface area contributed by atoms with Gasteiger partial charge in [0, 0.05) is 29.0 Å². The molecular formula is C31H27F3N6O3S2. The summed E-state index contributed by atoms with van der Waals surface area (Å²) in [5.41, 5.74) is 8.37. The zero-order valence-electron chi connectivity index (χ0n) is 24.3. The lowest BCUT2D eigenvalue weighted by Gasteiger charge is -2.30. The number of benzene rings is 3. The molecule has 3 aromatic carbocycles. The molecule has 2 atom stereocenters.